The van der Waals surface area contributed by atoms with E-state index in [1.807, 2.05) is 73.3 Å². The third-order valence-electron chi connectivity index (χ3n) is 13.3. The fraction of sp³-hybridized carbons (Fsp3) is 0.100. The molecule has 0 saturated carbocycles. The highest BCUT2D eigenvalue weighted by atomic mass is 15.2. The van der Waals surface area contributed by atoms with Crippen LogP contribution >= 0.6 is 0 Å². The molecule has 66 heavy (non-hydrogen) atoms. The quantitative estimate of drug-likeness (QED) is 0.128. The number of nitrogens with zero attached hydrogens (tertiary/aromatic N) is 6. The van der Waals surface area contributed by atoms with E-state index in [9.17, 15) is 0 Å². The zero-order chi connectivity index (χ0) is 44.8. The van der Waals surface area contributed by atoms with Crippen molar-refractivity contribution >= 4 is 58.7 Å². The van der Waals surface area contributed by atoms with Gasteiger partial charge in [0.1, 0.15) is 11.6 Å². The number of fused-ring (bicyclic) bond motifs is 6. The molecule has 0 spiro atoms. The molecule has 11 rings (SSSR count). The topological polar surface area (TPSA) is 58.0 Å². The number of benzene rings is 5. The van der Waals surface area contributed by atoms with Crippen LogP contribution < -0.4 is 9.80 Å². The van der Waals surface area contributed by atoms with Gasteiger partial charge in [0, 0.05) is 47.0 Å². The zero-order valence-corrected chi connectivity index (χ0v) is 37.5. The molecule has 2 aliphatic carbocycles. The number of rotatable bonds is 10. The van der Waals surface area contributed by atoms with Gasteiger partial charge in [-0.25, -0.2) is 9.97 Å². The number of anilines is 6. The molecule has 6 nitrogen and oxygen atoms in total. The van der Waals surface area contributed by atoms with E-state index in [4.69, 9.17) is 9.97 Å². The standard InChI is InChI=1S/C60H48N6/c1-59(2)53-35-43(23-27-49(53)51-29-25-45(37-55(51)59)65(47-11-9-31-61-39-47)57-13-5-7-33-63-57)21-19-41-15-17-42(18-16-41)20-22-44-24-28-50-52-30-26-46(38-56(52)60(3,4)54(50)36-44)66(48-12-10-32-62-40-48)58-14-6-8-34-64-58/h5-40H,1-4H3. The van der Waals surface area contributed by atoms with Crippen molar-refractivity contribution < 1.29 is 0 Å². The predicted molar refractivity (Wildman–Crippen MR) is 273 cm³/mol. The Morgan fingerprint density at radius 2 is 0.727 bits per heavy atom. The predicted octanol–water partition coefficient (Wildman–Crippen LogP) is 15.2. The van der Waals surface area contributed by atoms with E-state index in [1.165, 1.54) is 55.6 Å². The van der Waals surface area contributed by atoms with Gasteiger partial charge < -0.3 is 0 Å². The molecule has 4 aromatic heterocycles. The highest BCUT2D eigenvalue weighted by Crippen LogP contribution is 2.52. The van der Waals surface area contributed by atoms with Gasteiger partial charge in [0.25, 0.3) is 0 Å². The lowest BCUT2D eigenvalue weighted by Crippen LogP contribution is -2.17. The second kappa shape index (κ2) is 16.4. The molecule has 0 fully saturated rings. The molecule has 0 amide bonds. The fourth-order valence-electron chi connectivity index (χ4n) is 9.85. The smallest absolute Gasteiger partial charge is 0.137 e. The number of aromatic nitrogens is 4. The summed E-state index contributed by atoms with van der Waals surface area (Å²) in [4.78, 5) is 22.6. The van der Waals surface area contributed by atoms with E-state index in [1.54, 1.807) is 12.4 Å². The van der Waals surface area contributed by atoms with Gasteiger partial charge in [-0.1, -0.05) is 137 Å². The van der Waals surface area contributed by atoms with Gasteiger partial charge in [-0.3, -0.25) is 19.8 Å². The molecule has 0 atom stereocenters. The highest BCUT2D eigenvalue weighted by molar-refractivity contribution is 5.88. The van der Waals surface area contributed by atoms with Crippen LogP contribution in [0.5, 0.6) is 0 Å². The number of hydrogen-bond donors (Lipinski definition) is 0. The molecule has 5 aromatic carbocycles. The van der Waals surface area contributed by atoms with Crippen molar-refractivity contribution in [3.63, 3.8) is 0 Å². The Labute approximate surface area is 387 Å². The maximum Gasteiger partial charge on any atom is 0.137 e. The molecule has 0 radical (unpaired) electrons. The highest BCUT2D eigenvalue weighted by Gasteiger charge is 2.37. The van der Waals surface area contributed by atoms with E-state index in [0.29, 0.717) is 0 Å². The van der Waals surface area contributed by atoms with Gasteiger partial charge in [-0.05, 0) is 140 Å². The maximum absolute atomic E-state index is 4.71. The average Bonchev–Trinajstić information content (AvgIpc) is 3.72. The molecular weight excluding hydrogens is 805 g/mol. The average molecular weight is 853 g/mol. The summed E-state index contributed by atoms with van der Waals surface area (Å²) in [5.41, 5.74) is 18.8. The van der Waals surface area contributed by atoms with Crippen LogP contribution in [0.2, 0.25) is 0 Å². The summed E-state index contributed by atoms with van der Waals surface area (Å²) in [6.07, 6.45) is 19.9. The summed E-state index contributed by atoms with van der Waals surface area (Å²) in [7, 11) is 0. The van der Waals surface area contributed by atoms with Crippen molar-refractivity contribution in [2.45, 2.75) is 38.5 Å². The largest absolute Gasteiger partial charge is 0.293 e. The van der Waals surface area contributed by atoms with Crippen molar-refractivity contribution in [3.05, 3.63) is 239 Å². The summed E-state index contributed by atoms with van der Waals surface area (Å²) < 4.78 is 0. The lowest BCUT2D eigenvalue weighted by atomic mass is 9.81. The van der Waals surface area contributed by atoms with Crippen LogP contribution in [0.3, 0.4) is 0 Å². The second-order valence-corrected chi connectivity index (χ2v) is 18.1. The van der Waals surface area contributed by atoms with E-state index < -0.39 is 0 Å². The van der Waals surface area contributed by atoms with E-state index in [-0.39, 0.29) is 10.8 Å². The molecule has 2 aliphatic rings. The summed E-state index contributed by atoms with van der Waals surface area (Å²) in [5, 5.41) is 0. The lowest BCUT2D eigenvalue weighted by molar-refractivity contribution is 0.660. The van der Waals surface area contributed by atoms with Crippen molar-refractivity contribution in [3.8, 4) is 22.3 Å². The van der Waals surface area contributed by atoms with Gasteiger partial charge in [0.15, 0.2) is 0 Å². The first-order valence-electron chi connectivity index (χ1n) is 22.5. The Hall–Kier alpha value is -8.22. The van der Waals surface area contributed by atoms with Gasteiger partial charge in [0.05, 0.1) is 23.8 Å². The van der Waals surface area contributed by atoms with Gasteiger partial charge >= 0.3 is 0 Å². The number of pyridine rings is 4. The first-order valence-corrected chi connectivity index (χ1v) is 22.5. The summed E-state index contributed by atoms with van der Waals surface area (Å²) in [6, 6.07) is 56.2. The summed E-state index contributed by atoms with van der Waals surface area (Å²) in [5.74, 6) is 1.71. The van der Waals surface area contributed by atoms with Gasteiger partial charge in [-0.2, -0.15) is 0 Å². The minimum Gasteiger partial charge on any atom is -0.293 e. The van der Waals surface area contributed by atoms with Crippen molar-refractivity contribution in [2.24, 2.45) is 0 Å². The van der Waals surface area contributed by atoms with Crippen LogP contribution in [0.25, 0.3) is 46.6 Å². The molecule has 6 heteroatoms. The SMILES string of the molecule is CC1(C)c2cc(C=Cc3ccc(C=Cc4ccc5c(c4)C(C)(C)c4cc(N(c6cccnc6)c6ccccn6)ccc4-5)cc3)ccc2-c2ccc(N(c3cccnc3)c3ccccn3)cc21. The van der Waals surface area contributed by atoms with Crippen LogP contribution in [-0.2, 0) is 10.8 Å². The molecule has 9 aromatic rings. The van der Waals surface area contributed by atoms with Crippen LogP contribution in [0.15, 0.2) is 195 Å². The Morgan fingerprint density at radius 1 is 0.348 bits per heavy atom. The molecule has 0 aliphatic heterocycles. The van der Waals surface area contributed by atoms with Crippen molar-refractivity contribution in [1.29, 1.82) is 0 Å². The Morgan fingerprint density at radius 3 is 1.11 bits per heavy atom. The van der Waals surface area contributed by atoms with Gasteiger partial charge in [-0.15, -0.1) is 0 Å². The number of hydrogen-bond acceptors (Lipinski definition) is 6. The van der Waals surface area contributed by atoms with E-state index >= 15 is 0 Å². The van der Waals surface area contributed by atoms with Crippen molar-refractivity contribution in [2.75, 3.05) is 9.80 Å². The molecule has 0 saturated heterocycles. The molecule has 0 unspecified atom stereocenters. The Balaban J connectivity index is 0.796. The minimum absolute atomic E-state index is 0.186. The minimum atomic E-state index is -0.186. The summed E-state index contributed by atoms with van der Waals surface area (Å²) in [6.45, 7) is 9.32. The zero-order valence-electron chi connectivity index (χ0n) is 37.5. The van der Waals surface area contributed by atoms with Crippen LogP contribution in [0.4, 0.5) is 34.4 Å². The normalized spacial score (nSPS) is 13.9. The molecular formula is C60H48N6. The van der Waals surface area contributed by atoms with Crippen LogP contribution in [0, 0.1) is 0 Å². The lowest BCUT2D eigenvalue weighted by Gasteiger charge is -2.27. The maximum atomic E-state index is 4.71. The van der Waals surface area contributed by atoms with Gasteiger partial charge in [0.2, 0.25) is 0 Å². The molecule has 0 N–H and O–H groups in total. The second-order valence-electron chi connectivity index (χ2n) is 18.1. The first-order chi connectivity index (χ1) is 32.2. The molecule has 4 heterocycles. The molecule has 0 bridgehead atoms. The Kier molecular flexibility index (Phi) is 10.1. The van der Waals surface area contributed by atoms with Crippen LogP contribution in [0.1, 0.15) is 72.2 Å². The molecule has 318 valence electrons. The van der Waals surface area contributed by atoms with E-state index in [0.717, 1.165) is 45.5 Å². The third kappa shape index (κ3) is 7.27. The van der Waals surface area contributed by atoms with Crippen LogP contribution in [-0.4, -0.2) is 19.9 Å². The summed E-state index contributed by atoms with van der Waals surface area (Å²) >= 11 is 0. The third-order valence-corrected chi connectivity index (χ3v) is 13.3. The first kappa shape index (κ1) is 40.5. The fourth-order valence-corrected chi connectivity index (χ4v) is 9.85. The monoisotopic (exact) mass is 852 g/mol. The van der Waals surface area contributed by atoms with Crippen molar-refractivity contribution in [1.82, 2.24) is 19.9 Å². The Bertz CT molecular complexity index is 2980. The van der Waals surface area contributed by atoms with E-state index in [2.05, 4.69) is 181 Å².